The Balaban J connectivity index is 1.95. The molecule has 1 aliphatic rings. The summed E-state index contributed by atoms with van der Waals surface area (Å²) in [6.45, 7) is 1.61. The molecule has 0 unspecified atom stereocenters. The fourth-order valence-corrected chi connectivity index (χ4v) is 3.50. The zero-order valence-corrected chi connectivity index (χ0v) is 14.9. The molecule has 1 aliphatic carbocycles. The van der Waals surface area contributed by atoms with E-state index < -0.39 is 15.7 Å². The summed E-state index contributed by atoms with van der Waals surface area (Å²) in [4.78, 5) is 24.3. The minimum Gasteiger partial charge on any atom is -0.352 e. The SMILES string of the molecule is Cc1ccc(S(C)(=O)=O)cc1C(=O)NCC(=O)NC1CCCCC1. The van der Waals surface area contributed by atoms with E-state index in [2.05, 4.69) is 10.6 Å². The topological polar surface area (TPSA) is 92.3 Å². The molecule has 0 aliphatic heterocycles. The highest BCUT2D eigenvalue weighted by molar-refractivity contribution is 7.90. The van der Waals surface area contributed by atoms with Crippen LogP contribution in [0.4, 0.5) is 0 Å². The molecule has 1 saturated carbocycles. The molecule has 0 saturated heterocycles. The molecule has 0 aromatic heterocycles. The molecule has 1 aromatic rings. The Morgan fingerprint density at radius 2 is 1.83 bits per heavy atom. The fraction of sp³-hybridized carbons (Fsp3) is 0.529. The highest BCUT2D eigenvalue weighted by atomic mass is 32.2. The smallest absolute Gasteiger partial charge is 0.252 e. The largest absolute Gasteiger partial charge is 0.352 e. The number of amides is 2. The molecule has 0 atom stereocenters. The molecule has 132 valence electrons. The van der Waals surface area contributed by atoms with Crippen LogP contribution in [0.1, 0.15) is 48.0 Å². The first-order valence-electron chi connectivity index (χ1n) is 8.15. The highest BCUT2D eigenvalue weighted by Crippen LogP contribution is 2.17. The third-order valence-electron chi connectivity index (χ3n) is 4.26. The molecule has 6 nitrogen and oxygen atoms in total. The molecule has 2 N–H and O–H groups in total. The van der Waals surface area contributed by atoms with Gasteiger partial charge in [-0.3, -0.25) is 9.59 Å². The Hall–Kier alpha value is -1.89. The molecule has 7 heteroatoms. The van der Waals surface area contributed by atoms with Gasteiger partial charge in [-0.1, -0.05) is 25.3 Å². The van der Waals surface area contributed by atoms with Crippen LogP contribution in [0.5, 0.6) is 0 Å². The monoisotopic (exact) mass is 352 g/mol. The molecule has 1 fully saturated rings. The molecule has 2 amide bonds. The van der Waals surface area contributed by atoms with Gasteiger partial charge in [0.2, 0.25) is 5.91 Å². The summed E-state index contributed by atoms with van der Waals surface area (Å²) in [5.41, 5.74) is 0.927. The Labute approximate surface area is 142 Å². The van der Waals surface area contributed by atoms with Crippen LogP contribution >= 0.6 is 0 Å². The number of benzene rings is 1. The van der Waals surface area contributed by atoms with Crippen molar-refractivity contribution in [2.24, 2.45) is 0 Å². The lowest BCUT2D eigenvalue weighted by molar-refractivity contribution is -0.121. The Bertz CT molecular complexity index is 722. The van der Waals surface area contributed by atoms with Gasteiger partial charge in [-0.05, 0) is 37.5 Å². The average molecular weight is 352 g/mol. The molecule has 1 aromatic carbocycles. The number of sulfone groups is 1. The van der Waals surface area contributed by atoms with Crippen molar-refractivity contribution >= 4 is 21.7 Å². The van der Waals surface area contributed by atoms with Crippen molar-refractivity contribution in [3.05, 3.63) is 29.3 Å². The number of rotatable bonds is 5. The molecule has 0 spiro atoms. The number of aryl methyl sites for hydroxylation is 1. The van der Waals surface area contributed by atoms with Gasteiger partial charge in [0, 0.05) is 17.9 Å². The minimum absolute atomic E-state index is 0.0879. The van der Waals surface area contributed by atoms with Crippen LogP contribution in [0.2, 0.25) is 0 Å². The number of carbonyl (C=O) groups is 2. The lowest BCUT2D eigenvalue weighted by Crippen LogP contribution is -2.42. The Morgan fingerprint density at radius 1 is 1.17 bits per heavy atom. The van der Waals surface area contributed by atoms with Gasteiger partial charge in [0.1, 0.15) is 0 Å². The Kier molecular flexibility index (Phi) is 5.99. The van der Waals surface area contributed by atoms with Crippen molar-refractivity contribution in [1.29, 1.82) is 0 Å². The fourth-order valence-electron chi connectivity index (χ4n) is 2.86. The van der Waals surface area contributed by atoms with Crippen LogP contribution < -0.4 is 10.6 Å². The summed E-state index contributed by atoms with van der Waals surface area (Å²) in [7, 11) is -3.39. The number of nitrogens with one attached hydrogen (secondary N) is 2. The second kappa shape index (κ2) is 7.79. The van der Waals surface area contributed by atoms with Crippen LogP contribution in [-0.2, 0) is 14.6 Å². The van der Waals surface area contributed by atoms with Crippen molar-refractivity contribution in [2.75, 3.05) is 12.8 Å². The second-order valence-electron chi connectivity index (χ2n) is 6.33. The lowest BCUT2D eigenvalue weighted by Gasteiger charge is -2.22. The minimum atomic E-state index is -3.39. The lowest BCUT2D eigenvalue weighted by atomic mass is 9.95. The van der Waals surface area contributed by atoms with E-state index in [0.29, 0.717) is 5.56 Å². The maximum absolute atomic E-state index is 12.3. The van der Waals surface area contributed by atoms with Gasteiger partial charge in [0.15, 0.2) is 9.84 Å². The summed E-state index contributed by atoms with van der Waals surface area (Å²) in [6, 6.07) is 4.60. The first-order valence-corrected chi connectivity index (χ1v) is 10.0. The summed E-state index contributed by atoms with van der Waals surface area (Å²) in [5.74, 6) is -0.663. The maximum Gasteiger partial charge on any atom is 0.252 e. The van der Waals surface area contributed by atoms with E-state index in [-0.39, 0.29) is 29.0 Å². The van der Waals surface area contributed by atoms with E-state index in [0.717, 1.165) is 31.9 Å². The molecule has 24 heavy (non-hydrogen) atoms. The predicted octanol–water partition coefficient (Wildman–Crippen LogP) is 1.58. The van der Waals surface area contributed by atoms with Crippen LogP contribution in [0.25, 0.3) is 0 Å². The van der Waals surface area contributed by atoms with Crippen molar-refractivity contribution in [1.82, 2.24) is 10.6 Å². The zero-order valence-electron chi connectivity index (χ0n) is 14.1. The van der Waals surface area contributed by atoms with E-state index in [1.807, 2.05) is 0 Å². The van der Waals surface area contributed by atoms with E-state index in [1.165, 1.54) is 18.6 Å². The first kappa shape index (κ1) is 18.4. The second-order valence-corrected chi connectivity index (χ2v) is 8.35. The quantitative estimate of drug-likeness (QED) is 0.841. The van der Waals surface area contributed by atoms with E-state index in [9.17, 15) is 18.0 Å². The van der Waals surface area contributed by atoms with Crippen molar-refractivity contribution < 1.29 is 18.0 Å². The van der Waals surface area contributed by atoms with Crippen molar-refractivity contribution in [2.45, 2.75) is 50.0 Å². The van der Waals surface area contributed by atoms with Gasteiger partial charge in [-0.15, -0.1) is 0 Å². The van der Waals surface area contributed by atoms with Gasteiger partial charge in [0.25, 0.3) is 5.91 Å². The van der Waals surface area contributed by atoms with Gasteiger partial charge in [-0.25, -0.2) is 8.42 Å². The van der Waals surface area contributed by atoms with Crippen molar-refractivity contribution in [3.63, 3.8) is 0 Å². The molecule has 0 heterocycles. The predicted molar refractivity (Wildman–Crippen MR) is 91.6 cm³/mol. The van der Waals surface area contributed by atoms with Crippen LogP contribution in [-0.4, -0.2) is 39.1 Å². The normalized spacial score (nSPS) is 15.8. The molecule has 0 radical (unpaired) electrons. The zero-order chi connectivity index (χ0) is 17.7. The number of hydrogen-bond acceptors (Lipinski definition) is 4. The molecular formula is C17H24N2O4S. The van der Waals surface area contributed by atoms with Crippen LogP contribution in [0.3, 0.4) is 0 Å². The van der Waals surface area contributed by atoms with E-state index in [1.54, 1.807) is 13.0 Å². The summed E-state index contributed by atoms with van der Waals surface area (Å²) in [6.07, 6.45) is 6.50. The third-order valence-corrected chi connectivity index (χ3v) is 5.37. The highest BCUT2D eigenvalue weighted by Gasteiger charge is 2.18. The average Bonchev–Trinajstić information content (AvgIpc) is 2.53. The summed E-state index contributed by atoms with van der Waals surface area (Å²) < 4.78 is 23.2. The maximum atomic E-state index is 12.3. The summed E-state index contributed by atoms with van der Waals surface area (Å²) in [5, 5.41) is 5.49. The van der Waals surface area contributed by atoms with E-state index in [4.69, 9.17) is 0 Å². The van der Waals surface area contributed by atoms with Crippen molar-refractivity contribution in [3.8, 4) is 0 Å². The van der Waals surface area contributed by atoms with Crippen LogP contribution in [0.15, 0.2) is 23.1 Å². The van der Waals surface area contributed by atoms with Gasteiger partial charge in [-0.2, -0.15) is 0 Å². The van der Waals surface area contributed by atoms with Crippen LogP contribution in [0, 0.1) is 6.92 Å². The third kappa shape index (κ3) is 5.06. The Morgan fingerprint density at radius 3 is 2.46 bits per heavy atom. The first-order chi connectivity index (χ1) is 11.3. The van der Waals surface area contributed by atoms with Gasteiger partial charge >= 0.3 is 0 Å². The number of hydrogen-bond donors (Lipinski definition) is 2. The molecular weight excluding hydrogens is 328 g/mol. The van der Waals surface area contributed by atoms with Gasteiger partial charge in [0.05, 0.1) is 11.4 Å². The standard InChI is InChI=1S/C17H24N2O4S/c1-12-8-9-14(24(2,22)23)10-15(12)17(21)18-11-16(20)19-13-6-4-3-5-7-13/h8-10,13H,3-7,11H2,1-2H3,(H,18,21)(H,19,20). The number of carbonyl (C=O) groups excluding carboxylic acids is 2. The molecule has 0 bridgehead atoms. The molecule has 2 rings (SSSR count). The van der Waals surface area contributed by atoms with E-state index >= 15 is 0 Å². The summed E-state index contributed by atoms with van der Waals surface area (Å²) >= 11 is 0. The van der Waals surface area contributed by atoms with Gasteiger partial charge < -0.3 is 10.6 Å².